The third-order valence-corrected chi connectivity index (χ3v) is 11.5. The Morgan fingerprint density at radius 2 is 0.967 bits per heavy atom. The molecule has 6 nitrogen and oxygen atoms in total. The van der Waals surface area contributed by atoms with E-state index < -0.39 is 0 Å². The van der Waals surface area contributed by atoms with Gasteiger partial charge in [-0.15, -0.1) is 0 Å². The van der Waals surface area contributed by atoms with Crippen molar-refractivity contribution in [3.05, 3.63) is 206 Å². The van der Waals surface area contributed by atoms with Crippen LogP contribution in [0.2, 0.25) is 0 Å². The molecule has 0 spiro atoms. The normalized spacial score (nSPS) is 11.7. The third-order valence-electron chi connectivity index (χ3n) is 11.5. The van der Waals surface area contributed by atoms with Crippen LogP contribution in [0.15, 0.2) is 211 Å². The fraction of sp³-hybridized carbons (Fsp3) is 0. The number of para-hydroxylation sites is 2. The first kappa shape index (κ1) is 34.7. The Morgan fingerprint density at radius 1 is 0.344 bits per heavy atom. The van der Waals surface area contributed by atoms with E-state index in [1.807, 2.05) is 48.5 Å². The highest BCUT2D eigenvalue weighted by Crippen LogP contribution is 2.51. The molecule has 0 saturated heterocycles. The number of benzene rings is 9. The zero-order valence-electron chi connectivity index (χ0n) is 32.7. The summed E-state index contributed by atoms with van der Waals surface area (Å²) in [7, 11) is 0. The van der Waals surface area contributed by atoms with Gasteiger partial charge in [0.15, 0.2) is 17.5 Å². The molecule has 0 bridgehead atoms. The molecule has 0 amide bonds. The minimum Gasteiger partial charge on any atom is -0.456 e. The van der Waals surface area contributed by atoms with Crippen LogP contribution in [-0.2, 0) is 0 Å². The summed E-state index contributed by atoms with van der Waals surface area (Å²) in [6.07, 6.45) is 0. The summed E-state index contributed by atoms with van der Waals surface area (Å²) >= 11 is 0. The van der Waals surface area contributed by atoms with Gasteiger partial charge in [0, 0.05) is 55.2 Å². The van der Waals surface area contributed by atoms with Gasteiger partial charge in [0.1, 0.15) is 22.7 Å². The lowest BCUT2D eigenvalue weighted by Crippen LogP contribution is -2.11. The quantitative estimate of drug-likeness (QED) is 0.160. The molecule has 12 rings (SSSR count). The minimum atomic E-state index is 0.570. The molecule has 3 heterocycles. The molecule has 6 heteroatoms. The van der Waals surface area contributed by atoms with E-state index in [9.17, 15) is 0 Å². The predicted molar refractivity (Wildman–Crippen MR) is 247 cm³/mol. The lowest BCUT2D eigenvalue weighted by atomic mass is 9.92. The number of aromatic nitrogens is 3. The van der Waals surface area contributed by atoms with E-state index in [0.717, 1.165) is 100 Å². The lowest BCUT2D eigenvalue weighted by molar-refractivity contribution is 0.487. The fourth-order valence-electron chi connectivity index (χ4n) is 8.63. The number of hydrogen-bond acceptors (Lipinski definition) is 6. The number of hydrogen-bond donors (Lipinski definition) is 0. The van der Waals surface area contributed by atoms with Crippen molar-refractivity contribution in [2.24, 2.45) is 0 Å². The zero-order chi connectivity index (χ0) is 40.3. The molecule has 0 aliphatic carbocycles. The molecule has 0 N–H and O–H groups in total. The molecule has 61 heavy (non-hydrogen) atoms. The highest BCUT2D eigenvalue weighted by Gasteiger charge is 2.25. The highest BCUT2D eigenvalue weighted by molar-refractivity contribution is 6.12. The maximum absolute atomic E-state index is 6.85. The molecule has 1 aliphatic heterocycles. The van der Waals surface area contributed by atoms with Crippen molar-refractivity contribution in [2.75, 3.05) is 4.90 Å². The average molecular weight is 783 g/mol. The van der Waals surface area contributed by atoms with Crippen LogP contribution in [0.3, 0.4) is 0 Å². The van der Waals surface area contributed by atoms with E-state index in [1.54, 1.807) is 0 Å². The third kappa shape index (κ3) is 6.00. The van der Waals surface area contributed by atoms with Crippen molar-refractivity contribution in [1.82, 2.24) is 15.0 Å². The molecule has 9 aromatic carbocycles. The molecule has 1 aliphatic rings. The van der Waals surface area contributed by atoms with E-state index in [-0.39, 0.29) is 0 Å². The largest absolute Gasteiger partial charge is 0.456 e. The van der Waals surface area contributed by atoms with Gasteiger partial charge in [-0.3, -0.25) is 0 Å². The topological polar surface area (TPSA) is 64.3 Å². The van der Waals surface area contributed by atoms with E-state index >= 15 is 0 Å². The Balaban J connectivity index is 0.974. The van der Waals surface area contributed by atoms with Crippen LogP contribution in [0.4, 0.5) is 17.1 Å². The minimum absolute atomic E-state index is 0.570. The summed E-state index contributed by atoms with van der Waals surface area (Å²) in [6, 6.07) is 71.0. The second-order valence-corrected chi connectivity index (χ2v) is 15.2. The van der Waals surface area contributed by atoms with Gasteiger partial charge in [0.25, 0.3) is 0 Å². The number of nitrogens with zero attached hydrogens (tertiary/aromatic N) is 4. The van der Waals surface area contributed by atoms with Crippen LogP contribution >= 0.6 is 0 Å². The van der Waals surface area contributed by atoms with Gasteiger partial charge >= 0.3 is 0 Å². The van der Waals surface area contributed by atoms with Crippen LogP contribution < -0.4 is 9.64 Å². The molecule has 0 saturated carbocycles. The van der Waals surface area contributed by atoms with Crippen molar-refractivity contribution >= 4 is 49.8 Å². The highest BCUT2D eigenvalue weighted by atomic mass is 16.5. The molecule has 0 atom stereocenters. The second-order valence-electron chi connectivity index (χ2n) is 15.2. The summed E-state index contributed by atoms with van der Waals surface area (Å²) in [6.45, 7) is 0. The van der Waals surface area contributed by atoms with Gasteiger partial charge in [-0.25, -0.2) is 15.0 Å². The molecular weight excluding hydrogens is 749 g/mol. The summed E-state index contributed by atoms with van der Waals surface area (Å²) < 4.78 is 13.1. The maximum atomic E-state index is 6.85. The average Bonchev–Trinajstić information content (AvgIpc) is 3.71. The Labute approximate surface area is 351 Å². The predicted octanol–water partition coefficient (Wildman–Crippen LogP) is 14.8. The first-order valence-corrected chi connectivity index (χ1v) is 20.3. The van der Waals surface area contributed by atoms with Crippen molar-refractivity contribution in [3.8, 4) is 67.9 Å². The van der Waals surface area contributed by atoms with Crippen LogP contribution in [-0.4, -0.2) is 15.0 Å². The monoisotopic (exact) mass is 782 g/mol. The van der Waals surface area contributed by atoms with E-state index in [0.29, 0.717) is 17.5 Å². The van der Waals surface area contributed by atoms with Gasteiger partial charge in [-0.05, 0) is 83.4 Å². The number of ether oxygens (including phenoxy) is 1. The van der Waals surface area contributed by atoms with Crippen LogP contribution in [0.1, 0.15) is 0 Å². The van der Waals surface area contributed by atoms with Crippen LogP contribution in [0.25, 0.3) is 89.1 Å². The second kappa shape index (κ2) is 14.2. The number of furan rings is 1. The Bertz CT molecular complexity index is 3460. The van der Waals surface area contributed by atoms with E-state index in [1.165, 1.54) is 0 Å². The molecule has 2 aromatic heterocycles. The molecule has 0 radical (unpaired) electrons. The van der Waals surface area contributed by atoms with Crippen molar-refractivity contribution < 1.29 is 9.15 Å². The van der Waals surface area contributed by atoms with Gasteiger partial charge in [-0.2, -0.15) is 0 Å². The van der Waals surface area contributed by atoms with Crippen LogP contribution in [0.5, 0.6) is 11.5 Å². The molecule has 0 unspecified atom stereocenters. The molecule has 11 aromatic rings. The standard InChI is InChI=1S/C55H34N4O2/c1-4-14-35(15-5-1)37-18-12-19-38(32-37)54-56-53(36-16-6-2-7-17-36)57-55(58-54)39-26-28-43-44-23-13-24-45-47(29-31-50(52(44)45)61-51(43)33-39)59(40-20-8-3-9-21-40)41-27-30-49-46(34-41)42-22-10-11-25-48(42)60-49/h1-34H. The van der Waals surface area contributed by atoms with Gasteiger partial charge in [-0.1, -0.05) is 140 Å². The summed E-state index contributed by atoms with van der Waals surface area (Å²) in [5.41, 5.74) is 11.9. The molecule has 0 fully saturated rings. The summed E-state index contributed by atoms with van der Waals surface area (Å²) in [4.78, 5) is 17.5. The molecule has 286 valence electrons. The smallest absolute Gasteiger partial charge is 0.164 e. The van der Waals surface area contributed by atoms with Gasteiger partial charge in [0.2, 0.25) is 0 Å². The summed E-state index contributed by atoms with van der Waals surface area (Å²) in [5, 5.41) is 4.31. The van der Waals surface area contributed by atoms with E-state index in [4.69, 9.17) is 24.1 Å². The number of anilines is 3. The zero-order valence-corrected chi connectivity index (χ0v) is 32.7. The number of rotatable bonds is 7. The number of fused-ring (bicyclic) bond motifs is 5. The Morgan fingerprint density at radius 3 is 1.77 bits per heavy atom. The van der Waals surface area contributed by atoms with E-state index in [2.05, 4.69) is 163 Å². The van der Waals surface area contributed by atoms with Gasteiger partial charge in [0.05, 0.1) is 5.69 Å². The SMILES string of the molecule is c1ccc(-c2cccc(-c3nc(-c4ccccc4)nc(-c4ccc5c(c4)Oc4ccc(N(c6ccccc6)c6ccc7oc8ccccc8c7c6)c6cccc-5c46)n3)c2)cc1. The fourth-order valence-corrected chi connectivity index (χ4v) is 8.63. The first-order valence-electron chi connectivity index (χ1n) is 20.3. The molecular formula is C55H34N4O2. The van der Waals surface area contributed by atoms with Crippen molar-refractivity contribution in [3.63, 3.8) is 0 Å². The van der Waals surface area contributed by atoms with Crippen LogP contribution in [0, 0.1) is 0 Å². The lowest BCUT2D eigenvalue weighted by Gasteiger charge is -2.29. The first-order chi connectivity index (χ1) is 30.2. The Hall–Kier alpha value is -8.35. The Kier molecular flexibility index (Phi) is 8.06. The maximum Gasteiger partial charge on any atom is 0.164 e. The van der Waals surface area contributed by atoms with Crippen molar-refractivity contribution in [1.29, 1.82) is 0 Å². The van der Waals surface area contributed by atoms with Crippen molar-refractivity contribution in [2.45, 2.75) is 0 Å². The summed E-state index contributed by atoms with van der Waals surface area (Å²) in [5.74, 6) is 3.32. The van der Waals surface area contributed by atoms with Gasteiger partial charge < -0.3 is 14.1 Å².